The van der Waals surface area contributed by atoms with Gasteiger partial charge in [-0.2, -0.15) is 0 Å². The summed E-state index contributed by atoms with van der Waals surface area (Å²) in [5.74, 6) is -0.547. The van der Waals surface area contributed by atoms with Crippen molar-refractivity contribution in [1.29, 1.82) is 0 Å². The number of carbonyl (C=O) groups excluding carboxylic acids is 3. The molecule has 0 aliphatic carbocycles. The van der Waals surface area contributed by atoms with Gasteiger partial charge in [-0.05, 0) is 55.3 Å². The number of rotatable bonds is 7. The molecule has 1 aliphatic rings. The van der Waals surface area contributed by atoms with Gasteiger partial charge >= 0.3 is 6.03 Å². The van der Waals surface area contributed by atoms with E-state index in [2.05, 4.69) is 10.6 Å². The summed E-state index contributed by atoms with van der Waals surface area (Å²) < 4.78 is 19.3. The molecular weight excluding hydrogens is 437 g/mol. The minimum atomic E-state index is -1.35. The molecule has 3 aromatic carbocycles. The zero-order valence-electron chi connectivity index (χ0n) is 18.8. The highest BCUT2D eigenvalue weighted by Gasteiger charge is 2.51. The Labute approximate surface area is 196 Å². The molecule has 4 amide bonds. The van der Waals surface area contributed by atoms with Crippen LogP contribution in [0.5, 0.6) is 11.5 Å². The molecule has 1 atom stereocenters. The Kier molecular flexibility index (Phi) is 6.32. The van der Waals surface area contributed by atoms with Gasteiger partial charge in [-0.25, -0.2) is 9.18 Å². The van der Waals surface area contributed by atoms with Crippen molar-refractivity contribution in [3.8, 4) is 11.5 Å². The van der Waals surface area contributed by atoms with Crippen LogP contribution in [0.3, 0.4) is 0 Å². The number of nitrogens with one attached hydrogen (secondary N) is 2. The van der Waals surface area contributed by atoms with Crippen LogP contribution in [0.25, 0.3) is 0 Å². The first-order chi connectivity index (χ1) is 16.3. The van der Waals surface area contributed by atoms with Gasteiger partial charge in [-0.15, -0.1) is 0 Å². The fraction of sp³-hybridized carbons (Fsp3) is 0.192. The molecule has 0 bridgehead atoms. The van der Waals surface area contributed by atoms with Gasteiger partial charge in [0.25, 0.3) is 5.91 Å². The number of ether oxygens (including phenoxy) is 1. The molecule has 4 rings (SSSR count). The third kappa shape index (κ3) is 4.47. The first-order valence-electron chi connectivity index (χ1n) is 10.9. The largest absolute Gasteiger partial charge is 0.455 e. The molecule has 0 aromatic heterocycles. The predicted octanol–water partition coefficient (Wildman–Crippen LogP) is 4.72. The van der Waals surface area contributed by atoms with Gasteiger partial charge in [-0.3, -0.25) is 14.5 Å². The number of imide groups is 1. The lowest BCUT2D eigenvalue weighted by atomic mass is 9.87. The van der Waals surface area contributed by atoms with Crippen LogP contribution in [0.15, 0.2) is 72.8 Å². The van der Waals surface area contributed by atoms with Gasteiger partial charge in [0.2, 0.25) is 5.91 Å². The zero-order valence-corrected chi connectivity index (χ0v) is 18.8. The van der Waals surface area contributed by atoms with E-state index in [1.807, 2.05) is 31.2 Å². The van der Waals surface area contributed by atoms with Crippen LogP contribution >= 0.6 is 0 Å². The zero-order chi connectivity index (χ0) is 24.3. The number of nitrogens with zero attached hydrogens (tertiary/aromatic N) is 1. The van der Waals surface area contributed by atoms with Crippen molar-refractivity contribution in [2.45, 2.75) is 25.8 Å². The smallest absolute Gasteiger partial charge is 0.325 e. The summed E-state index contributed by atoms with van der Waals surface area (Å²) >= 11 is 0. The van der Waals surface area contributed by atoms with Crippen molar-refractivity contribution in [1.82, 2.24) is 10.2 Å². The molecule has 2 N–H and O–H groups in total. The molecule has 1 aliphatic heterocycles. The van der Waals surface area contributed by atoms with Gasteiger partial charge in [0.15, 0.2) is 5.75 Å². The molecule has 3 aromatic rings. The summed E-state index contributed by atoms with van der Waals surface area (Å²) in [4.78, 5) is 39.5. The van der Waals surface area contributed by atoms with Crippen molar-refractivity contribution < 1.29 is 23.5 Å². The quantitative estimate of drug-likeness (QED) is 0.499. The Morgan fingerprint density at radius 2 is 1.71 bits per heavy atom. The SMILES string of the molecule is CCC1(c2ccc(F)cc2)NC(=O)N(CC(=O)Nc2ccccc2Oc2ccc(C)cc2)C1=O. The average Bonchev–Trinajstić information content (AvgIpc) is 3.07. The highest BCUT2D eigenvalue weighted by atomic mass is 19.1. The molecule has 0 saturated carbocycles. The standard InChI is InChI=1S/C26H24FN3O4/c1-3-26(18-10-12-19(27)13-11-18)24(32)30(25(33)29-26)16-23(31)28-21-6-4-5-7-22(21)34-20-14-8-17(2)9-15-20/h4-15H,3,16H2,1-2H3,(H,28,31)(H,29,33). The van der Waals surface area contributed by atoms with E-state index in [-0.39, 0.29) is 6.42 Å². The number of anilines is 1. The first-order valence-corrected chi connectivity index (χ1v) is 10.9. The van der Waals surface area contributed by atoms with Crippen molar-refractivity contribution in [3.05, 3.63) is 89.7 Å². The number of hydrogen-bond acceptors (Lipinski definition) is 4. The second kappa shape index (κ2) is 9.35. The number of benzene rings is 3. The fourth-order valence-electron chi connectivity index (χ4n) is 3.87. The Hall–Kier alpha value is -4.20. The van der Waals surface area contributed by atoms with Crippen LogP contribution in [0, 0.1) is 12.7 Å². The van der Waals surface area contributed by atoms with Gasteiger partial charge < -0.3 is 15.4 Å². The van der Waals surface area contributed by atoms with Crippen LogP contribution in [0.2, 0.25) is 0 Å². The van der Waals surface area contributed by atoms with Crippen molar-refractivity contribution in [2.75, 3.05) is 11.9 Å². The van der Waals surface area contributed by atoms with Crippen molar-refractivity contribution >= 4 is 23.5 Å². The summed E-state index contributed by atoms with van der Waals surface area (Å²) in [6, 6.07) is 19.0. The lowest BCUT2D eigenvalue weighted by Gasteiger charge is -2.25. The van der Waals surface area contributed by atoms with Crippen LogP contribution in [-0.2, 0) is 15.1 Å². The normalized spacial score (nSPS) is 17.4. The minimum absolute atomic E-state index is 0.245. The number of hydrogen-bond donors (Lipinski definition) is 2. The van der Waals surface area contributed by atoms with E-state index in [0.29, 0.717) is 22.7 Å². The molecule has 0 spiro atoms. The fourth-order valence-corrected chi connectivity index (χ4v) is 3.87. The highest BCUT2D eigenvalue weighted by Crippen LogP contribution is 2.33. The number of aryl methyl sites for hydroxylation is 1. The van der Waals surface area contributed by atoms with E-state index in [1.165, 1.54) is 24.3 Å². The van der Waals surface area contributed by atoms with Gasteiger partial charge in [0.05, 0.1) is 5.69 Å². The van der Waals surface area contributed by atoms with Crippen LogP contribution in [-0.4, -0.2) is 29.3 Å². The molecule has 1 unspecified atom stereocenters. The number of para-hydroxylation sites is 2. The molecule has 8 heteroatoms. The molecule has 34 heavy (non-hydrogen) atoms. The summed E-state index contributed by atoms with van der Waals surface area (Å²) in [5, 5.41) is 5.40. The van der Waals surface area contributed by atoms with Crippen molar-refractivity contribution in [2.24, 2.45) is 0 Å². The molecule has 174 valence electrons. The van der Waals surface area contributed by atoms with E-state index in [0.717, 1.165) is 10.5 Å². The average molecular weight is 461 g/mol. The second-order valence-electron chi connectivity index (χ2n) is 8.05. The van der Waals surface area contributed by atoms with Crippen LogP contribution in [0.4, 0.5) is 14.9 Å². The van der Waals surface area contributed by atoms with E-state index in [1.54, 1.807) is 31.2 Å². The Morgan fingerprint density at radius 1 is 1.03 bits per heavy atom. The highest BCUT2D eigenvalue weighted by molar-refractivity contribution is 6.10. The Balaban J connectivity index is 1.49. The topological polar surface area (TPSA) is 87.7 Å². The monoisotopic (exact) mass is 461 g/mol. The third-order valence-corrected chi connectivity index (χ3v) is 5.75. The number of urea groups is 1. The molecule has 7 nitrogen and oxygen atoms in total. The summed E-state index contributed by atoms with van der Waals surface area (Å²) in [7, 11) is 0. The van der Waals surface area contributed by atoms with Gasteiger partial charge in [0, 0.05) is 0 Å². The van der Waals surface area contributed by atoms with Gasteiger partial charge in [0.1, 0.15) is 23.7 Å². The third-order valence-electron chi connectivity index (χ3n) is 5.75. The maximum atomic E-state index is 13.4. The Morgan fingerprint density at radius 3 is 2.38 bits per heavy atom. The molecule has 1 heterocycles. The number of halogens is 1. The van der Waals surface area contributed by atoms with E-state index < -0.39 is 35.7 Å². The molecule has 1 saturated heterocycles. The van der Waals surface area contributed by atoms with Gasteiger partial charge in [-0.1, -0.05) is 48.9 Å². The molecule has 0 radical (unpaired) electrons. The summed E-state index contributed by atoms with van der Waals surface area (Å²) in [6.07, 6.45) is 0.245. The lowest BCUT2D eigenvalue weighted by Crippen LogP contribution is -2.44. The summed E-state index contributed by atoms with van der Waals surface area (Å²) in [6.45, 7) is 3.23. The second-order valence-corrected chi connectivity index (χ2v) is 8.05. The molecule has 1 fully saturated rings. The number of carbonyl (C=O) groups is 3. The van der Waals surface area contributed by atoms with Crippen molar-refractivity contribution in [3.63, 3.8) is 0 Å². The summed E-state index contributed by atoms with van der Waals surface area (Å²) in [5.41, 5.74) is 0.596. The van der Waals surface area contributed by atoms with E-state index >= 15 is 0 Å². The molecular formula is C26H24FN3O4. The van der Waals surface area contributed by atoms with E-state index in [4.69, 9.17) is 4.74 Å². The lowest BCUT2D eigenvalue weighted by molar-refractivity contribution is -0.134. The maximum absolute atomic E-state index is 13.4. The Bertz CT molecular complexity index is 1230. The van der Waals surface area contributed by atoms with Crippen LogP contribution in [0.1, 0.15) is 24.5 Å². The number of amides is 4. The maximum Gasteiger partial charge on any atom is 0.325 e. The van der Waals surface area contributed by atoms with Crippen LogP contribution < -0.4 is 15.4 Å². The minimum Gasteiger partial charge on any atom is -0.455 e. The first kappa shape index (κ1) is 23.0. The predicted molar refractivity (Wildman–Crippen MR) is 125 cm³/mol. The van der Waals surface area contributed by atoms with E-state index in [9.17, 15) is 18.8 Å².